The summed E-state index contributed by atoms with van der Waals surface area (Å²) in [5, 5.41) is 15.0. The van der Waals surface area contributed by atoms with Gasteiger partial charge in [0.05, 0.1) is 45.6 Å². The molecule has 0 aliphatic heterocycles. The average Bonchev–Trinajstić information content (AvgIpc) is 3.67. The lowest BCUT2D eigenvalue weighted by Crippen LogP contribution is -1.98. The maximum Gasteiger partial charge on any atom is 0.188 e. The number of hydrogen-bond acceptors (Lipinski definition) is 1. The third-order valence-corrected chi connectivity index (χ3v) is 9.38. The van der Waals surface area contributed by atoms with Crippen molar-refractivity contribution in [2.24, 2.45) is 0 Å². The fourth-order valence-corrected chi connectivity index (χ4v) is 7.25. The minimum Gasteiger partial charge on any atom is -0.309 e. The van der Waals surface area contributed by atoms with E-state index in [4.69, 9.17) is 6.57 Å². The normalized spacial score (nSPS) is 11.3. The minimum absolute atomic E-state index is 0.619. The van der Waals surface area contributed by atoms with Gasteiger partial charge in [0.1, 0.15) is 6.07 Å². The summed E-state index contributed by atoms with van der Waals surface area (Å²) in [6.45, 7) is 7.57. The number of nitrogens with zero attached hydrogens (tertiary/aromatic N) is 4. The summed E-state index contributed by atoms with van der Waals surface area (Å²) in [4.78, 5) is 3.69. The fourth-order valence-electron chi connectivity index (χ4n) is 7.25. The number of rotatable bonds is 4. The summed E-state index contributed by atoms with van der Waals surface area (Å²) >= 11 is 0. The van der Waals surface area contributed by atoms with E-state index in [1.54, 1.807) is 0 Å². The van der Waals surface area contributed by atoms with E-state index in [1.807, 2.05) is 36.4 Å². The average molecular weight is 611 g/mol. The molecule has 0 aliphatic rings. The van der Waals surface area contributed by atoms with Gasteiger partial charge in [0.15, 0.2) is 5.69 Å². The van der Waals surface area contributed by atoms with Crippen LogP contribution in [0, 0.1) is 17.9 Å². The molecular formula is C44H26N4. The van der Waals surface area contributed by atoms with E-state index in [0.717, 1.165) is 66.5 Å². The maximum absolute atomic E-state index is 10.4. The van der Waals surface area contributed by atoms with E-state index in [2.05, 4.69) is 141 Å². The molecule has 0 aliphatic carbocycles. The summed E-state index contributed by atoms with van der Waals surface area (Å²) < 4.78 is 4.50. The van der Waals surface area contributed by atoms with Crippen LogP contribution in [0.15, 0.2) is 158 Å². The van der Waals surface area contributed by atoms with Crippen LogP contribution in [0.4, 0.5) is 5.69 Å². The molecule has 0 amide bonds. The van der Waals surface area contributed by atoms with Gasteiger partial charge in [-0.1, -0.05) is 103 Å². The summed E-state index contributed by atoms with van der Waals surface area (Å²) in [7, 11) is 0. The summed E-state index contributed by atoms with van der Waals surface area (Å²) in [5.74, 6) is 0. The third kappa shape index (κ3) is 4.14. The first-order valence-corrected chi connectivity index (χ1v) is 15.9. The van der Waals surface area contributed by atoms with Gasteiger partial charge >= 0.3 is 0 Å². The van der Waals surface area contributed by atoms with Gasteiger partial charge in [-0.3, -0.25) is 0 Å². The first kappa shape index (κ1) is 27.4. The number of nitriles is 1. The number of aromatic nitrogens is 2. The second-order valence-corrected chi connectivity index (χ2v) is 12.0. The van der Waals surface area contributed by atoms with Crippen LogP contribution in [0.3, 0.4) is 0 Å². The highest BCUT2D eigenvalue weighted by atomic mass is 15.0. The van der Waals surface area contributed by atoms with Gasteiger partial charge in [-0.25, -0.2) is 4.85 Å². The number of para-hydroxylation sites is 4. The standard InChI is InChI=1S/C44H26N4/c1-46-33-22-24-44-38(27-33)37-16-5-9-20-43(37)48(44)40-17-6-2-13-34(40)31-12-10-11-29(25-31)30-21-23-39(32(26-30)28-45)47-41-18-7-3-14-35(41)36-15-4-8-19-42(36)47/h2-27H. The van der Waals surface area contributed by atoms with E-state index in [-0.39, 0.29) is 0 Å². The van der Waals surface area contributed by atoms with E-state index in [0.29, 0.717) is 11.3 Å². The van der Waals surface area contributed by atoms with Crippen LogP contribution >= 0.6 is 0 Å². The Hall–Kier alpha value is -6.88. The van der Waals surface area contributed by atoms with E-state index >= 15 is 0 Å². The van der Waals surface area contributed by atoms with Gasteiger partial charge < -0.3 is 9.13 Å². The predicted octanol–water partition coefficient (Wildman–Crippen LogP) is 11.6. The van der Waals surface area contributed by atoms with Gasteiger partial charge in [0, 0.05) is 21.7 Å². The molecule has 9 aromatic rings. The van der Waals surface area contributed by atoms with Crippen LogP contribution < -0.4 is 0 Å². The summed E-state index contributed by atoms with van der Waals surface area (Å²) in [6.07, 6.45) is 0. The summed E-state index contributed by atoms with van der Waals surface area (Å²) in [6, 6.07) is 56.7. The predicted molar refractivity (Wildman–Crippen MR) is 197 cm³/mol. The zero-order valence-corrected chi connectivity index (χ0v) is 25.8. The minimum atomic E-state index is 0.619. The molecule has 0 fully saturated rings. The van der Waals surface area contributed by atoms with Crippen LogP contribution in [0.5, 0.6) is 0 Å². The molecule has 2 aromatic heterocycles. The first-order chi connectivity index (χ1) is 23.7. The molecule has 0 spiro atoms. The third-order valence-electron chi connectivity index (χ3n) is 9.38. The first-order valence-electron chi connectivity index (χ1n) is 15.9. The highest BCUT2D eigenvalue weighted by molar-refractivity contribution is 6.11. The van der Waals surface area contributed by atoms with E-state index in [1.165, 1.54) is 10.8 Å². The molecule has 4 nitrogen and oxygen atoms in total. The van der Waals surface area contributed by atoms with Crippen molar-refractivity contribution in [3.63, 3.8) is 0 Å². The van der Waals surface area contributed by atoms with Crippen molar-refractivity contribution < 1.29 is 0 Å². The summed E-state index contributed by atoms with van der Waals surface area (Å²) in [5.41, 5.74) is 11.7. The zero-order valence-electron chi connectivity index (χ0n) is 25.8. The second kappa shape index (κ2) is 10.9. The lowest BCUT2D eigenvalue weighted by atomic mass is 9.96. The Morgan fingerprint density at radius 2 is 1.02 bits per heavy atom. The van der Waals surface area contributed by atoms with Crippen molar-refractivity contribution in [2.45, 2.75) is 0 Å². The Kier molecular flexibility index (Phi) is 6.22. The molecule has 0 saturated carbocycles. The van der Waals surface area contributed by atoms with Crippen molar-refractivity contribution in [3.8, 4) is 39.7 Å². The van der Waals surface area contributed by atoms with E-state index < -0.39 is 0 Å². The Bertz CT molecular complexity index is 2760. The highest BCUT2D eigenvalue weighted by Gasteiger charge is 2.18. The molecule has 0 bridgehead atoms. The number of hydrogen-bond donors (Lipinski definition) is 0. The van der Waals surface area contributed by atoms with Crippen molar-refractivity contribution in [3.05, 3.63) is 175 Å². The molecular weight excluding hydrogens is 585 g/mol. The lowest BCUT2D eigenvalue weighted by molar-refractivity contribution is 1.17. The van der Waals surface area contributed by atoms with Gasteiger partial charge in [-0.2, -0.15) is 5.26 Å². The van der Waals surface area contributed by atoms with Crippen molar-refractivity contribution >= 4 is 49.3 Å². The van der Waals surface area contributed by atoms with Crippen molar-refractivity contribution in [1.82, 2.24) is 9.13 Å². The largest absolute Gasteiger partial charge is 0.309 e. The Labute approximate surface area is 277 Å². The quantitative estimate of drug-likeness (QED) is 0.183. The van der Waals surface area contributed by atoms with Crippen LogP contribution in [-0.2, 0) is 0 Å². The Morgan fingerprint density at radius 1 is 0.458 bits per heavy atom. The van der Waals surface area contributed by atoms with Crippen LogP contribution in [0.1, 0.15) is 5.56 Å². The molecule has 0 saturated heterocycles. The molecule has 0 unspecified atom stereocenters. The number of fused-ring (bicyclic) bond motifs is 6. The Balaban J connectivity index is 1.19. The van der Waals surface area contributed by atoms with E-state index in [9.17, 15) is 5.26 Å². The molecule has 48 heavy (non-hydrogen) atoms. The SMILES string of the molecule is [C-]#[N+]c1ccc2c(c1)c1ccccc1n2-c1ccccc1-c1cccc(-c2ccc(-n3c4ccccc4c4ccccc43)c(C#N)c2)c1. The van der Waals surface area contributed by atoms with Gasteiger partial charge in [-0.05, 0) is 76.7 Å². The van der Waals surface area contributed by atoms with Crippen LogP contribution in [0.25, 0.3) is 82.1 Å². The molecule has 7 aromatic carbocycles. The monoisotopic (exact) mass is 610 g/mol. The van der Waals surface area contributed by atoms with Crippen LogP contribution in [0.2, 0.25) is 0 Å². The molecule has 4 heteroatoms. The van der Waals surface area contributed by atoms with Gasteiger partial charge in [0.25, 0.3) is 0 Å². The van der Waals surface area contributed by atoms with Crippen LogP contribution in [-0.4, -0.2) is 9.13 Å². The maximum atomic E-state index is 10.4. The molecule has 9 rings (SSSR count). The van der Waals surface area contributed by atoms with Gasteiger partial charge in [0.2, 0.25) is 0 Å². The molecule has 0 radical (unpaired) electrons. The van der Waals surface area contributed by atoms with Gasteiger partial charge in [-0.15, -0.1) is 0 Å². The smallest absolute Gasteiger partial charge is 0.188 e. The Morgan fingerprint density at radius 3 is 1.71 bits per heavy atom. The molecule has 222 valence electrons. The molecule has 2 heterocycles. The second-order valence-electron chi connectivity index (χ2n) is 12.0. The molecule has 0 atom stereocenters. The molecule has 0 N–H and O–H groups in total. The highest BCUT2D eigenvalue weighted by Crippen LogP contribution is 2.39. The fraction of sp³-hybridized carbons (Fsp3) is 0. The topological polar surface area (TPSA) is 38.0 Å². The number of benzene rings is 7. The lowest BCUT2D eigenvalue weighted by Gasteiger charge is -2.15. The zero-order chi connectivity index (χ0) is 32.2. The van der Waals surface area contributed by atoms with Crippen molar-refractivity contribution in [1.29, 1.82) is 5.26 Å². The van der Waals surface area contributed by atoms with Crippen molar-refractivity contribution in [2.75, 3.05) is 0 Å².